The first-order valence-electron chi connectivity index (χ1n) is 17.1. The standard InChI is InChI=1S/C34H48ClFN4O4S/c1-19-13-25(31-30(37-19)27(16-45-31)33(42)43)24-14-21(35)3-6-29(24)44-12-11-40-20(2)38-28-5-4-23(15-26(28)32(40)41)39-17-34(18-39)9-7-22(36)8-10-34/h7,19,21,23-25,27,29-31,37H,3-6,8-18H2,1-2H3,(H,42,43). The number of thioether (sulfide) groups is 1. The molecule has 0 aromatic carbocycles. The highest BCUT2D eigenvalue weighted by Crippen LogP contribution is 2.49. The lowest BCUT2D eigenvalue weighted by Crippen LogP contribution is -2.61. The molecule has 1 aromatic rings. The van der Waals surface area contributed by atoms with Crippen LogP contribution in [0.25, 0.3) is 0 Å². The topological polar surface area (TPSA) is 96.7 Å². The van der Waals surface area contributed by atoms with E-state index < -0.39 is 5.97 Å². The Morgan fingerprint density at radius 2 is 2.07 bits per heavy atom. The first-order valence-corrected chi connectivity index (χ1v) is 18.6. The lowest BCUT2D eigenvalue weighted by molar-refractivity contribution is -0.142. The molecule has 3 saturated heterocycles. The van der Waals surface area contributed by atoms with Crippen LogP contribution in [0.5, 0.6) is 0 Å². The molecule has 8 nitrogen and oxygen atoms in total. The minimum atomic E-state index is -0.708. The molecule has 1 spiro atoms. The molecule has 0 bridgehead atoms. The quantitative estimate of drug-likeness (QED) is 0.405. The SMILES string of the molecule is Cc1nc2c(c(=O)n1CCOC1CCC(Cl)CC1C1CC(C)NC3C(C(=O)O)CSC13)CC(N1CC3(CC=C(F)CC3)C1)CC2. The Balaban J connectivity index is 1.00. The lowest BCUT2D eigenvalue weighted by atomic mass is 9.69. The van der Waals surface area contributed by atoms with Crippen molar-refractivity contribution in [2.24, 2.45) is 23.2 Å². The fourth-order valence-electron chi connectivity index (χ4n) is 9.57. The van der Waals surface area contributed by atoms with Crippen molar-refractivity contribution in [3.05, 3.63) is 39.3 Å². The number of allylic oxidation sites excluding steroid dienone is 2. The van der Waals surface area contributed by atoms with Crippen LogP contribution in [-0.4, -0.2) is 85.8 Å². The fourth-order valence-corrected chi connectivity index (χ4v) is 11.7. The third kappa shape index (κ3) is 6.28. The Morgan fingerprint density at radius 1 is 1.24 bits per heavy atom. The third-order valence-electron chi connectivity index (χ3n) is 12.0. The molecule has 0 amide bonds. The van der Waals surface area contributed by atoms with Crippen molar-refractivity contribution in [1.29, 1.82) is 0 Å². The van der Waals surface area contributed by atoms with Gasteiger partial charge in [0.25, 0.3) is 5.56 Å². The number of ether oxygens (including phenoxy) is 1. The van der Waals surface area contributed by atoms with E-state index in [2.05, 4.69) is 17.1 Å². The number of hydrogen-bond acceptors (Lipinski definition) is 7. The molecule has 4 heterocycles. The number of alkyl halides is 1. The highest BCUT2D eigenvalue weighted by Gasteiger charge is 2.52. The maximum Gasteiger partial charge on any atom is 0.308 e. The average molecular weight is 663 g/mol. The van der Waals surface area contributed by atoms with E-state index in [1.165, 1.54) is 0 Å². The molecule has 7 rings (SSSR count). The number of hydrogen-bond donors (Lipinski definition) is 2. The number of nitrogens with zero attached hydrogens (tertiary/aromatic N) is 3. The van der Waals surface area contributed by atoms with Gasteiger partial charge in [-0.15, -0.1) is 11.6 Å². The normalized spacial score (nSPS) is 37.9. The summed E-state index contributed by atoms with van der Waals surface area (Å²) >= 11 is 8.55. The lowest BCUT2D eigenvalue weighted by Gasteiger charge is -2.55. The molecule has 2 N–H and O–H groups in total. The third-order valence-corrected chi connectivity index (χ3v) is 14.0. The number of piperidine rings is 1. The van der Waals surface area contributed by atoms with Gasteiger partial charge >= 0.3 is 5.97 Å². The number of nitrogens with one attached hydrogen (secondary N) is 1. The maximum atomic E-state index is 13.8. The molecule has 3 aliphatic heterocycles. The first kappa shape index (κ1) is 32.1. The number of halogens is 2. The number of carboxylic acid groups (broad SMARTS) is 1. The van der Waals surface area contributed by atoms with Crippen LogP contribution in [0.4, 0.5) is 4.39 Å². The van der Waals surface area contributed by atoms with E-state index in [1.807, 2.05) is 11.5 Å². The number of aromatic nitrogens is 2. The summed E-state index contributed by atoms with van der Waals surface area (Å²) in [6, 6.07) is 0.579. The number of carbonyl (C=O) groups is 1. The molecule has 9 unspecified atom stereocenters. The average Bonchev–Trinajstić information content (AvgIpc) is 3.42. The van der Waals surface area contributed by atoms with Gasteiger partial charge < -0.3 is 15.2 Å². The van der Waals surface area contributed by atoms with E-state index in [4.69, 9.17) is 21.3 Å². The minimum absolute atomic E-state index is 0.0199. The molecular weight excluding hydrogens is 615 g/mol. The number of rotatable bonds is 7. The predicted octanol–water partition coefficient (Wildman–Crippen LogP) is 4.72. The Bertz CT molecular complexity index is 1380. The van der Waals surface area contributed by atoms with E-state index in [1.54, 1.807) is 17.8 Å². The number of likely N-dealkylation sites (tertiary alicyclic amines) is 1. The summed E-state index contributed by atoms with van der Waals surface area (Å²) in [5.74, 6) is 0.987. The van der Waals surface area contributed by atoms with Gasteiger partial charge in [-0.3, -0.25) is 19.1 Å². The summed E-state index contributed by atoms with van der Waals surface area (Å²) in [6.45, 7) is 7.00. The summed E-state index contributed by atoms with van der Waals surface area (Å²) in [5, 5.41) is 13.8. The van der Waals surface area contributed by atoms with Crippen LogP contribution in [0.2, 0.25) is 0 Å². The van der Waals surface area contributed by atoms with Crippen LogP contribution >= 0.6 is 23.4 Å². The zero-order valence-corrected chi connectivity index (χ0v) is 28.1. The Hall–Kier alpha value is -1.46. The predicted molar refractivity (Wildman–Crippen MR) is 175 cm³/mol. The number of aryl methyl sites for hydroxylation is 2. The van der Waals surface area contributed by atoms with Gasteiger partial charge in [-0.25, -0.2) is 9.37 Å². The second-order valence-corrected chi connectivity index (χ2v) is 16.7. The highest BCUT2D eigenvalue weighted by molar-refractivity contribution is 8.00. The van der Waals surface area contributed by atoms with Gasteiger partial charge in [0.1, 0.15) is 5.82 Å². The molecule has 11 heteroatoms. The van der Waals surface area contributed by atoms with E-state index in [0.717, 1.165) is 88.0 Å². The number of fused-ring (bicyclic) bond motifs is 2. The molecular formula is C34H48ClFN4O4S. The van der Waals surface area contributed by atoms with Gasteiger partial charge in [-0.2, -0.15) is 11.8 Å². The largest absolute Gasteiger partial charge is 0.481 e. The summed E-state index contributed by atoms with van der Waals surface area (Å²) in [5.41, 5.74) is 2.10. The number of carboxylic acids is 1. The van der Waals surface area contributed by atoms with Crippen LogP contribution in [-0.2, 0) is 28.9 Å². The van der Waals surface area contributed by atoms with Gasteiger partial charge in [-0.1, -0.05) is 6.08 Å². The second kappa shape index (κ2) is 12.9. The molecule has 3 aliphatic carbocycles. The molecule has 0 radical (unpaired) electrons. The molecule has 1 saturated carbocycles. The maximum absolute atomic E-state index is 13.8. The van der Waals surface area contributed by atoms with Crippen molar-refractivity contribution in [2.45, 2.75) is 119 Å². The summed E-state index contributed by atoms with van der Waals surface area (Å²) in [4.78, 5) is 33.2. The van der Waals surface area contributed by atoms with Crippen molar-refractivity contribution in [3.8, 4) is 0 Å². The highest BCUT2D eigenvalue weighted by atomic mass is 35.5. The zero-order chi connectivity index (χ0) is 31.5. The van der Waals surface area contributed by atoms with Crippen LogP contribution in [0.3, 0.4) is 0 Å². The smallest absolute Gasteiger partial charge is 0.308 e. The zero-order valence-electron chi connectivity index (χ0n) is 26.6. The Labute approximate surface area is 274 Å². The molecule has 45 heavy (non-hydrogen) atoms. The minimum Gasteiger partial charge on any atom is -0.481 e. The van der Waals surface area contributed by atoms with E-state index in [-0.39, 0.29) is 57.5 Å². The van der Waals surface area contributed by atoms with Crippen molar-refractivity contribution in [1.82, 2.24) is 19.8 Å². The summed E-state index contributed by atoms with van der Waals surface area (Å²) in [6.07, 6.45) is 10.4. The molecule has 4 fully saturated rings. The molecule has 248 valence electrons. The Morgan fingerprint density at radius 3 is 2.82 bits per heavy atom. The van der Waals surface area contributed by atoms with Crippen LogP contribution in [0, 0.1) is 30.1 Å². The summed E-state index contributed by atoms with van der Waals surface area (Å²) in [7, 11) is 0. The van der Waals surface area contributed by atoms with E-state index >= 15 is 0 Å². The fraction of sp³-hybridized carbons (Fsp3) is 0.794. The van der Waals surface area contributed by atoms with Crippen molar-refractivity contribution in [2.75, 3.05) is 25.4 Å². The van der Waals surface area contributed by atoms with Crippen molar-refractivity contribution >= 4 is 29.3 Å². The Kier molecular flexibility index (Phi) is 9.18. The van der Waals surface area contributed by atoms with Crippen molar-refractivity contribution in [3.63, 3.8) is 0 Å². The molecule has 9 atom stereocenters. The van der Waals surface area contributed by atoms with Gasteiger partial charge in [-0.05, 0) is 95.3 Å². The van der Waals surface area contributed by atoms with E-state index in [9.17, 15) is 19.1 Å². The van der Waals surface area contributed by atoms with Gasteiger partial charge in [0.15, 0.2) is 0 Å². The van der Waals surface area contributed by atoms with Gasteiger partial charge in [0.05, 0.1) is 36.7 Å². The van der Waals surface area contributed by atoms with Crippen LogP contribution in [0.1, 0.15) is 75.4 Å². The number of aliphatic carboxylic acids is 1. The van der Waals surface area contributed by atoms with Gasteiger partial charge in [0, 0.05) is 53.2 Å². The van der Waals surface area contributed by atoms with Crippen LogP contribution < -0.4 is 10.9 Å². The second-order valence-electron chi connectivity index (χ2n) is 14.9. The molecule has 1 aromatic heterocycles. The van der Waals surface area contributed by atoms with Crippen LogP contribution in [0.15, 0.2) is 16.7 Å². The molecule has 6 aliphatic rings. The monoisotopic (exact) mass is 662 g/mol. The van der Waals surface area contributed by atoms with Gasteiger partial charge in [0.2, 0.25) is 0 Å². The summed E-state index contributed by atoms with van der Waals surface area (Å²) < 4.78 is 22.0. The first-order chi connectivity index (χ1) is 21.6. The van der Waals surface area contributed by atoms with Crippen molar-refractivity contribution < 1.29 is 19.0 Å². The van der Waals surface area contributed by atoms with E-state index in [0.29, 0.717) is 37.3 Å².